The lowest BCUT2D eigenvalue weighted by atomic mass is 9.92. The molecule has 1 rings (SSSR count). The Labute approximate surface area is 118 Å². The lowest BCUT2D eigenvalue weighted by Crippen LogP contribution is -2.23. The fourth-order valence-electron chi connectivity index (χ4n) is 1.49. The molecule has 0 heterocycles. The first kappa shape index (κ1) is 15.7. The highest BCUT2D eigenvalue weighted by Gasteiger charge is 2.17. The zero-order chi connectivity index (χ0) is 15.2. The number of amides is 1. The summed E-state index contributed by atoms with van der Waals surface area (Å²) in [5.74, 6) is -0.833. The number of esters is 1. The highest BCUT2D eigenvalue weighted by molar-refractivity contribution is 5.92. The van der Waals surface area contributed by atoms with Crippen LogP contribution in [0.25, 0.3) is 0 Å². The summed E-state index contributed by atoms with van der Waals surface area (Å²) in [7, 11) is 0. The van der Waals surface area contributed by atoms with Gasteiger partial charge in [0, 0.05) is 5.69 Å². The molecule has 0 bridgehead atoms. The Morgan fingerprint density at radius 1 is 1.35 bits per heavy atom. The van der Waals surface area contributed by atoms with Gasteiger partial charge in [-0.1, -0.05) is 26.8 Å². The molecule has 0 aliphatic heterocycles. The molecule has 0 radical (unpaired) electrons. The van der Waals surface area contributed by atoms with Crippen molar-refractivity contribution in [1.82, 2.24) is 0 Å². The van der Waals surface area contributed by atoms with Crippen molar-refractivity contribution in [2.24, 2.45) is 5.41 Å². The summed E-state index contributed by atoms with van der Waals surface area (Å²) in [6.07, 6.45) is 0.254. The molecule has 0 spiro atoms. The largest absolute Gasteiger partial charge is 0.456 e. The quantitative estimate of drug-likeness (QED) is 0.855. The van der Waals surface area contributed by atoms with Gasteiger partial charge < -0.3 is 10.1 Å². The summed E-state index contributed by atoms with van der Waals surface area (Å²) in [4.78, 5) is 23.1. The van der Waals surface area contributed by atoms with Crippen LogP contribution < -0.4 is 5.32 Å². The van der Waals surface area contributed by atoms with Crippen molar-refractivity contribution < 1.29 is 14.3 Å². The molecular formula is C15H18N2O3. The van der Waals surface area contributed by atoms with E-state index >= 15 is 0 Å². The zero-order valence-corrected chi connectivity index (χ0v) is 11.9. The number of nitrogens with one attached hydrogen (secondary N) is 1. The monoisotopic (exact) mass is 274 g/mol. The van der Waals surface area contributed by atoms with E-state index in [9.17, 15) is 9.59 Å². The molecule has 1 N–H and O–H groups in total. The van der Waals surface area contributed by atoms with Gasteiger partial charge in [0.05, 0.1) is 18.1 Å². The van der Waals surface area contributed by atoms with Crippen molar-refractivity contribution in [3.8, 4) is 6.07 Å². The van der Waals surface area contributed by atoms with Crippen LogP contribution in [0.1, 0.15) is 32.8 Å². The van der Waals surface area contributed by atoms with Crippen LogP contribution in [0.4, 0.5) is 5.69 Å². The number of carbonyl (C=O) groups is 2. The highest BCUT2D eigenvalue weighted by Crippen LogP contribution is 2.18. The Morgan fingerprint density at radius 2 is 2.05 bits per heavy atom. The fraction of sp³-hybridized carbons (Fsp3) is 0.400. The second-order valence-corrected chi connectivity index (χ2v) is 5.64. The van der Waals surface area contributed by atoms with Crippen molar-refractivity contribution in [2.45, 2.75) is 27.2 Å². The zero-order valence-electron chi connectivity index (χ0n) is 11.9. The van der Waals surface area contributed by atoms with E-state index in [0.717, 1.165) is 0 Å². The Hall–Kier alpha value is -2.35. The second kappa shape index (κ2) is 6.71. The first-order valence-corrected chi connectivity index (χ1v) is 6.26. The van der Waals surface area contributed by atoms with Gasteiger partial charge >= 0.3 is 5.97 Å². The molecule has 0 saturated carbocycles. The van der Waals surface area contributed by atoms with E-state index in [2.05, 4.69) is 5.32 Å². The SMILES string of the molecule is CC(C)(C)CC(=O)OCC(=O)Nc1cccc(C#N)c1. The number of anilines is 1. The van der Waals surface area contributed by atoms with Gasteiger partial charge in [-0.25, -0.2) is 0 Å². The van der Waals surface area contributed by atoms with Crippen LogP contribution in [-0.2, 0) is 14.3 Å². The Balaban J connectivity index is 2.44. The first-order valence-electron chi connectivity index (χ1n) is 6.26. The molecular weight excluding hydrogens is 256 g/mol. The third-order valence-electron chi connectivity index (χ3n) is 2.31. The Kier molecular flexibility index (Phi) is 5.27. The molecule has 1 aromatic rings. The van der Waals surface area contributed by atoms with Gasteiger partial charge in [0.15, 0.2) is 6.61 Å². The summed E-state index contributed by atoms with van der Waals surface area (Å²) in [5.41, 5.74) is 0.780. The summed E-state index contributed by atoms with van der Waals surface area (Å²) in [6, 6.07) is 8.50. The molecule has 1 amide bonds. The summed E-state index contributed by atoms with van der Waals surface area (Å²) in [5, 5.41) is 11.3. The minimum atomic E-state index is -0.428. The molecule has 0 aliphatic carbocycles. The lowest BCUT2D eigenvalue weighted by molar-refractivity contribution is -0.149. The van der Waals surface area contributed by atoms with Crippen LogP contribution in [0.15, 0.2) is 24.3 Å². The molecule has 5 heteroatoms. The van der Waals surface area contributed by atoms with E-state index in [0.29, 0.717) is 11.3 Å². The molecule has 20 heavy (non-hydrogen) atoms. The predicted molar refractivity (Wildman–Crippen MR) is 74.8 cm³/mol. The van der Waals surface area contributed by atoms with E-state index in [1.54, 1.807) is 24.3 Å². The highest BCUT2D eigenvalue weighted by atomic mass is 16.5. The van der Waals surface area contributed by atoms with E-state index in [-0.39, 0.29) is 18.4 Å². The first-order chi connectivity index (χ1) is 9.30. The van der Waals surface area contributed by atoms with E-state index in [1.165, 1.54) is 0 Å². The third-order valence-corrected chi connectivity index (χ3v) is 2.31. The molecule has 0 unspecified atom stereocenters. The maximum Gasteiger partial charge on any atom is 0.306 e. The number of hydrogen-bond acceptors (Lipinski definition) is 4. The summed E-state index contributed by atoms with van der Waals surface area (Å²) < 4.78 is 4.89. The van der Waals surface area contributed by atoms with Gasteiger partial charge in [-0.2, -0.15) is 5.26 Å². The minimum absolute atomic E-state index is 0.172. The Morgan fingerprint density at radius 3 is 2.65 bits per heavy atom. The van der Waals surface area contributed by atoms with Crippen molar-refractivity contribution >= 4 is 17.6 Å². The number of hydrogen-bond donors (Lipinski definition) is 1. The molecule has 5 nitrogen and oxygen atoms in total. The van der Waals surface area contributed by atoms with E-state index in [4.69, 9.17) is 10.00 Å². The second-order valence-electron chi connectivity index (χ2n) is 5.64. The van der Waals surface area contributed by atoms with Crippen LogP contribution in [0.5, 0.6) is 0 Å². The maximum atomic E-state index is 11.6. The van der Waals surface area contributed by atoms with Gasteiger partial charge in [-0.05, 0) is 23.6 Å². The maximum absolute atomic E-state index is 11.6. The Bertz CT molecular complexity index is 539. The van der Waals surface area contributed by atoms with Crippen molar-refractivity contribution in [1.29, 1.82) is 5.26 Å². The molecule has 106 valence electrons. The molecule has 0 atom stereocenters. The van der Waals surface area contributed by atoms with E-state index in [1.807, 2.05) is 26.8 Å². The van der Waals surface area contributed by atoms with Crippen molar-refractivity contribution in [3.05, 3.63) is 29.8 Å². The number of carbonyl (C=O) groups excluding carboxylic acids is 2. The van der Waals surface area contributed by atoms with Crippen LogP contribution in [0.3, 0.4) is 0 Å². The average molecular weight is 274 g/mol. The number of benzene rings is 1. The fourth-order valence-corrected chi connectivity index (χ4v) is 1.49. The molecule has 0 fully saturated rings. The van der Waals surface area contributed by atoms with Gasteiger partial charge in [-0.15, -0.1) is 0 Å². The van der Waals surface area contributed by atoms with E-state index < -0.39 is 11.9 Å². The van der Waals surface area contributed by atoms with Crippen LogP contribution in [-0.4, -0.2) is 18.5 Å². The molecule has 0 aliphatic rings. The number of nitrogens with zero attached hydrogens (tertiary/aromatic N) is 1. The average Bonchev–Trinajstić information content (AvgIpc) is 2.34. The third kappa shape index (κ3) is 6.01. The number of nitriles is 1. The van der Waals surface area contributed by atoms with Crippen LogP contribution in [0.2, 0.25) is 0 Å². The minimum Gasteiger partial charge on any atom is -0.456 e. The molecule has 0 aromatic heterocycles. The normalized spacial score (nSPS) is 10.5. The van der Waals surface area contributed by atoms with Crippen LogP contribution >= 0.6 is 0 Å². The standard InChI is InChI=1S/C15H18N2O3/c1-15(2,3)8-14(19)20-10-13(18)17-12-6-4-5-11(7-12)9-16/h4-7H,8,10H2,1-3H3,(H,17,18). The van der Waals surface area contributed by atoms with Crippen molar-refractivity contribution in [2.75, 3.05) is 11.9 Å². The predicted octanol–water partition coefficient (Wildman–Crippen LogP) is 2.48. The number of ether oxygens (including phenoxy) is 1. The molecule has 1 aromatic carbocycles. The van der Waals surface area contributed by atoms with Gasteiger partial charge in [-0.3, -0.25) is 9.59 Å². The van der Waals surface area contributed by atoms with Crippen molar-refractivity contribution in [3.63, 3.8) is 0 Å². The summed E-state index contributed by atoms with van der Waals surface area (Å²) in [6.45, 7) is 5.43. The van der Waals surface area contributed by atoms with Gasteiger partial charge in [0.2, 0.25) is 0 Å². The van der Waals surface area contributed by atoms with Crippen LogP contribution in [0, 0.1) is 16.7 Å². The molecule has 0 saturated heterocycles. The summed E-state index contributed by atoms with van der Waals surface area (Å²) >= 11 is 0. The number of rotatable bonds is 4. The van der Waals surface area contributed by atoms with Gasteiger partial charge in [0.1, 0.15) is 0 Å². The van der Waals surface area contributed by atoms with Gasteiger partial charge in [0.25, 0.3) is 5.91 Å². The topological polar surface area (TPSA) is 79.2 Å². The smallest absolute Gasteiger partial charge is 0.306 e. The lowest BCUT2D eigenvalue weighted by Gasteiger charge is -2.16.